The van der Waals surface area contributed by atoms with Crippen molar-refractivity contribution in [1.82, 2.24) is 14.9 Å². The molecule has 1 aliphatic heterocycles. The van der Waals surface area contributed by atoms with E-state index in [1.165, 1.54) is 6.07 Å². The number of hydrogen-bond donors (Lipinski definition) is 0. The molecule has 3 rings (SSSR count). The third-order valence-electron chi connectivity index (χ3n) is 3.95. The van der Waals surface area contributed by atoms with Gasteiger partial charge in [-0.25, -0.2) is 14.4 Å². The Morgan fingerprint density at radius 1 is 1.38 bits per heavy atom. The first-order chi connectivity index (χ1) is 11.5. The molecule has 0 saturated carbocycles. The minimum Gasteiger partial charge on any atom is -0.458 e. The largest absolute Gasteiger partial charge is 0.458 e. The van der Waals surface area contributed by atoms with Crippen LogP contribution in [0.15, 0.2) is 35.1 Å². The van der Waals surface area contributed by atoms with Crippen LogP contribution >= 0.6 is 15.9 Å². The fourth-order valence-corrected chi connectivity index (χ4v) is 2.84. The third-order valence-corrected chi connectivity index (χ3v) is 4.36. The number of ether oxygens (including phenoxy) is 1. The minimum absolute atomic E-state index is 0.167. The predicted octanol–water partition coefficient (Wildman–Crippen LogP) is 3.37. The van der Waals surface area contributed by atoms with Crippen LogP contribution in [-0.2, 0) is 0 Å². The topological polar surface area (TPSA) is 55.3 Å². The van der Waals surface area contributed by atoms with Crippen molar-refractivity contribution in [3.63, 3.8) is 0 Å². The molecule has 1 aromatic heterocycles. The quantitative estimate of drug-likeness (QED) is 0.801. The van der Waals surface area contributed by atoms with Crippen molar-refractivity contribution in [3.05, 3.63) is 52.0 Å². The molecule has 0 aliphatic carbocycles. The zero-order valence-corrected chi connectivity index (χ0v) is 14.8. The number of rotatable bonds is 3. The second-order valence-electron chi connectivity index (χ2n) is 5.78. The summed E-state index contributed by atoms with van der Waals surface area (Å²) in [6.07, 6.45) is 4.71. The lowest BCUT2D eigenvalue weighted by Gasteiger charge is -2.32. The monoisotopic (exact) mass is 393 g/mol. The molecule has 0 bridgehead atoms. The van der Waals surface area contributed by atoms with Gasteiger partial charge in [-0.15, -0.1) is 0 Å². The highest BCUT2D eigenvalue weighted by molar-refractivity contribution is 9.10. The molecule has 5 nitrogen and oxygen atoms in total. The second kappa shape index (κ2) is 7.25. The van der Waals surface area contributed by atoms with Crippen LogP contribution in [0.2, 0.25) is 0 Å². The van der Waals surface area contributed by atoms with Crippen LogP contribution in [-0.4, -0.2) is 40.0 Å². The molecular formula is C17H17BrFN3O2. The van der Waals surface area contributed by atoms with Crippen molar-refractivity contribution in [2.45, 2.75) is 25.9 Å². The summed E-state index contributed by atoms with van der Waals surface area (Å²) in [7, 11) is 0. The van der Waals surface area contributed by atoms with E-state index in [9.17, 15) is 9.18 Å². The van der Waals surface area contributed by atoms with Gasteiger partial charge in [-0.3, -0.25) is 4.79 Å². The zero-order chi connectivity index (χ0) is 17.1. The predicted molar refractivity (Wildman–Crippen MR) is 90.4 cm³/mol. The number of nitrogens with zero attached hydrogens (tertiary/aromatic N) is 3. The van der Waals surface area contributed by atoms with Gasteiger partial charge in [-0.2, -0.15) is 0 Å². The van der Waals surface area contributed by atoms with E-state index in [4.69, 9.17) is 4.74 Å². The summed E-state index contributed by atoms with van der Waals surface area (Å²) in [5, 5.41) is 0. The Kier molecular flexibility index (Phi) is 5.08. The highest BCUT2D eigenvalue weighted by atomic mass is 79.9. The van der Waals surface area contributed by atoms with Crippen LogP contribution in [0.1, 0.15) is 28.8 Å². The number of piperidine rings is 1. The lowest BCUT2D eigenvalue weighted by atomic mass is 10.1. The smallest absolute Gasteiger partial charge is 0.316 e. The van der Waals surface area contributed by atoms with E-state index < -0.39 is 0 Å². The third kappa shape index (κ3) is 3.90. The Morgan fingerprint density at radius 3 is 2.83 bits per heavy atom. The van der Waals surface area contributed by atoms with Crippen LogP contribution in [0, 0.1) is 12.7 Å². The number of hydrogen-bond acceptors (Lipinski definition) is 4. The Hall–Kier alpha value is -2.02. The molecule has 2 heterocycles. The van der Waals surface area contributed by atoms with E-state index in [0.29, 0.717) is 30.2 Å². The molecule has 2 aromatic rings. The first kappa shape index (κ1) is 16.8. The normalized spacial score (nSPS) is 17.6. The van der Waals surface area contributed by atoms with E-state index in [1.807, 2.05) is 0 Å². The Morgan fingerprint density at radius 2 is 2.12 bits per heavy atom. The van der Waals surface area contributed by atoms with E-state index in [1.54, 1.807) is 36.4 Å². The molecule has 0 N–H and O–H groups in total. The molecular weight excluding hydrogens is 377 g/mol. The number of amides is 1. The summed E-state index contributed by atoms with van der Waals surface area (Å²) in [6, 6.07) is 4.86. The summed E-state index contributed by atoms with van der Waals surface area (Å²) < 4.78 is 20.2. The van der Waals surface area contributed by atoms with Crippen molar-refractivity contribution in [3.8, 4) is 6.01 Å². The molecule has 126 valence electrons. The Balaban J connectivity index is 1.67. The number of halogens is 2. The summed E-state index contributed by atoms with van der Waals surface area (Å²) in [4.78, 5) is 22.4. The van der Waals surface area contributed by atoms with Gasteiger partial charge >= 0.3 is 6.01 Å². The van der Waals surface area contributed by atoms with Gasteiger partial charge in [-0.05, 0) is 53.4 Å². The van der Waals surface area contributed by atoms with Gasteiger partial charge in [0.05, 0.1) is 11.0 Å². The fraction of sp³-hybridized carbons (Fsp3) is 0.353. The molecule has 1 atom stereocenters. The summed E-state index contributed by atoms with van der Waals surface area (Å²) in [5.41, 5.74) is 0.887. The van der Waals surface area contributed by atoms with Gasteiger partial charge in [0, 0.05) is 24.5 Å². The Labute approximate surface area is 148 Å². The average Bonchev–Trinajstić information content (AvgIpc) is 2.59. The maximum Gasteiger partial charge on any atom is 0.316 e. The molecule has 0 radical (unpaired) electrons. The van der Waals surface area contributed by atoms with Gasteiger partial charge in [0.1, 0.15) is 11.9 Å². The van der Waals surface area contributed by atoms with Crippen LogP contribution in [0.5, 0.6) is 6.01 Å². The van der Waals surface area contributed by atoms with E-state index in [0.717, 1.165) is 17.3 Å². The number of carbonyl (C=O) groups excluding carboxylic acids is 1. The molecule has 7 heteroatoms. The molecule has 1 saturated heterocycles. The van der Waals surface area contributed by atoms with Crippen LogP contribution < -0.4 is 4.74 Å². The van der Waals surface area contributed by atoms with Crippen molar-refractivity contribution >= 4 is 21.8 Å². The van der Waals surface area contributed by atoms with Crippen molar-refractivity contribution in [1.29, 1.82) is 0 Å². The molecule has 24 heavy (non-hydrogen) atoms. The van der Waals surface area contributed by atoms with E-state index in [-0.39, 0.29) is 17.8 Å². The zero-order valence-electron chi connectivity index (χ0n) is 13.2. The number of carbonyl (C=O) groups is 1. The lowest BCUT2D eigenvalue weighted by molar-refractivity contribution is 0.0515. The lowest BCUT2D eigenvalue weighted by Crippen LogP contribution is -2.44. The first-order valence-electron chi connectivity index (χ1n) is 7.72. The molecule has 1 aliphatic rings. The summed E-state index contributed by atoms with van der Waals surface area (Å²) in [5.74, 6) is -0.548. The highest BCUT2D eigenvalue weighted by Gasteiger charge is 2.26. The summed E-state index contributed by atoms with van der Waals surface area (Å²) in [6.45, 7) is 2.75. The van der Waals surface area contributed by atoms with Gasteiger partial charge in [-0.1, -0.05) is 6.07 Å². The van der Waals surface area contributed by atoms with Gasteiger partial charge in [0.15, 0.2) is 0 Å². The van der Waals surface area contributed by atoms with Crippen molar-refractivity contribution in [2.75, 3.05) is 13.1 Å². The summed E-state index contributed by atoms with van der Waals surface area (Å²) >= 11 is 3.27. The maximum absolute atomic E-state index is 13.7. The maximum atomic E-state index is 13.7. The van der Waals surface area contributed by atoms with Crippen LogP contribution in [0.4, 0.5) is 4.39 Å². The minimum atomic E-state index is -0.367. The average molecular weight is 394 g/mol. The number of aryl methyl sites for hydroxylation is 1. The van der Waals surface area contributed by atoms with Crippen molar-refractivity contribution < 1.29 is 13.9 Å². The standard InChI is InChI=1S/C17H17BrFN3O2/c1-11-4-5-12(7-15(11)19)16(23)22-6-2-3-14(10-22)24-17-20-8-13(18)9-21-17/h4-5,7-9,14H,2-3,6,10H2,1H3. The fourth-order valence-electron chi connectivity index (χ4n) is 2.64. The van der Waals surface area contributed by atoms with Crippen LogP contribution in [0.25, 0.3) is 0 Å². The molecule has 1 fully saturated rings. The number of aromatic nitrogens is 2. The van der Waals surface area contributed by atoms with Gasteiger partial charge < -0.3 is 9.64 Å². The highest BCUT2D eigenvalue weighted by Crippen LogP contribution is 2.19. The van der Waals surface area contributed by atoms with Gasteiger partial charge in [0.25, 0.3) is 5.91 Å². The van der Waals surface area contributed by atoms with E-state index in [2.05, 4.69) is 25.9 Å². The number of benzene rings is 1. The Bertz CT molecular complexity index is 739. The first-order valence-corrected chi connectivity index (χ1v) is 8.52. The molecule has 0 spiro atoms. The molecule has 1 aromatic carbocycles. The molecule has 1 unspecified atom stereocenters. The SMILES string of the molecule is Cc1ccc(C(=O)N2CCCC(Oc3ncc(Br)cn3)C2)cc1F. The second-order valence-corrected chi connectivity index (χ2v) is 6.70. The van der Waals surface area contributed by atoms with Crippen molar-refractivity contribution in [2.24, 2.45) is 0 Å². The van der Waals surface area contributed by atoms with Gasteiger partial charge in [0.2, 0.25) is 0 Å². The van der Waals surface area contributed by atoms with Crippen LogP contribution in [0.3, 0.4) is 0 Å². The molecule has 1 amide bonds. The van der Waals surface area contributed by atoms with E-state index >= 15 is 0 Å². The number of likely N-dealkylation sites (tertiary alicyclic amines) is 1.